The first-order chi connectivity index (χ1) is 27.9. The van der Waals surface area contributed by atoms with Crippen molar-refractivity contribution in [2.24, 2.45) is 23.7 Å². The lowest BCUT2D eigenvalue weighted by atomic mass is 9.95. The van der Waals surface area contributed by atoms with Gasteiger partial charge in [-0.2, -0.15) is 0 Å². The lowest BCUT2D eigenvalue weighted by Gasteiger charge is -2.28. The summed E-state index contributed by atoms with van der Waals surface area (Å²) >= 11 is 0. The molecule has 2 aromatic carbocycles. The second-order valence-corrected chi connectivity index (χ2v) is 24.5. The fourth-order valence-electron chi connectivity index (χ4n) is 8.45. The third-order valence-electron chi connectivity index (χ3n) is 10.4. The minimum atomic E-state index is -3.01. The molecule has 7 atom stereocenters. The summed E-state index contributed by atoms with van der Waals surface area (Å²) in [6.45, 7) is 25.9. The summed E-state index contributed by atoms with van der Waals surface area (Å²) in [6.07, 6.45) is -0.0256. The highest BCUT2D eigenvalue weighted by Gasteiger charge is 2.59. The number of ether oxygens (including phenoxy) is 4. The summed E-state index contributed by atoms with van der Waals surface area (Å²) < 4.78 is 56.5. The number of benzene rings is 2. The highest BCUT2D eigenvalue weighted by Crippen LogP contribution is 2.65. The van der Waals surface area contributed by atoms with Gasteiger partial charge in [0.25, 0.3) is 0 Å². The fraction of sp³-hybridized carbons (Fsp3) is 0.667. The highest BCUT2D eigenvalue weighted by atomic mass is 31.2. The largest absolute Gasteiger partial charge is 0.519 e. The monoisotopic (exact) mass is 876 g/mol. The number of carbonyl (C=O) groups excluding carboxylic acids is 3. The Bertz CT molecular complexity index is 1760. The Hall–Kier alpha value is -3.05. The van der Waals surface area contributed by atoms with Crippen molar-refractivity contribution in [1.29, 1.82) is 0 Å². The molecule has 0 bridgehead atoms. The van der Waals surface area contributed by atoms with Crippen LogP contribution in [0.3, 0.4) is 0 Å². The number of hydrogen-bond donors (Lipinski definition) is 0. The van der Waals surface area contributed by atoms with Crippen molar-refractivity contribution in [2.45, 2.75) is 112 Å². The zero-order valence-corrected chi connectivity index (χ0v) is 39.5. The molecular formula is C45H70N2O11P2. The third kappa shape index (κ3) is 15.7. The number of carbonyl (C=O) groups is 3. The zero-order chi connectivity index (χ0) is 44.5. The number of rotatable bonds is 9. The lowest BCUT2D eigenvalue weighted by Crippen LogP contribution is -2.36. The molecule has 0 aromatic heterocycles. The second-order valence-electron chi connectivity index (χ2n) is 19.2. The molecule has 60 heavy (non-hydrogen) atoms. The van der Waals surface area contributed by atoms with E-state index in [4.69, 9.17) is 23.3 Å². The smallest absolute Gasteiger partial charge is 0.459 e. The Morgan fingerprint density at radius 3 is 1.42 bits per heavy atom. The Morgan fingerprint density at radius 1 is 0.583 bits per heavy atom. The van der Waals surface area contributed by atoms with Gasteiger partial charge in [-0.1, -0.05) is 60.7 Å². The average molecular weight is 877 g/mol. The van der Waals surface area contributed by atoms with Crippen LogP contribution in [-0.4, -0.2) is 108 Å². The van der Waals surface area contributed by atoms with E-state index in [1.54, 1.807) is 41.5 Å². The summed E-state index contributed by atoms with van der Waals surface area (Å²) in [4.78, 5) is 39.7. The number of esters is 1. The highest BCUT2D eigenvalue weighted by molar-refractivity contribution is 7.61. The van der Waals surface area contributed by atoms with Crippen LogP contribution >= 0.6 is 14.7 Å². The van der Waals surface area contributed by atoms with Gasteiger partial charge in [-0.15, -0.1) is 0 Å². The van der Waals surface area contributed by atoms with E-state index in [0.717, 1.165) is 51.6 Å². The molecule has 336 valence electrons. The summed E-state index contributed by atoms with van der Waals surface area (Å²) in [5, 5.41) is 0. The van der Waals surface area contributed by atoms with Gasteiger partial charge in [0.05, 0.1) is 13.2 Å². The van der Waals surface area contributed by atoms with Gasteiger partial charge in [0.15, 0.2) is 0 Å². The van der Waals surface area contributed by atoms with Crippen molar-refractivity contribution in [2.75, 3.05) is 57.9 Å². The van der Waals surface area contributed by atoms with Gasteiger partial charge in [0.2, 0.25) is 14.7 Å². The number of likely N-dealkylation sites (tertiary alicyclic amines) is 2. The molecule has 0 saturated carbocycles. The topological polar surface area (TPSA) is 147 Å². The normalized spacial score (nSPS) is 27.7. The molecule has 0 N–H and O–H groups in total. The molecule has 0 aliphatic carbocycles. The molecule has 13 nitrogen and oxygen atoms in total. The summed E-state index contributed by atoms with van der Waals surface area (Å²) in [6, 6.07) is 20.9. The molecule has 4 fully saturated rings. The van der Waals surface area contributed by atoms with Gasteiger partial charge < -0.3 is 28.0 Å². The van der Waals surface area contributed by atoms with E-state index in [2.05, 4.69) is 57.0 Å². The van der Waals surface area contributed by atoms with Gasteiger partial charge >= 0.3 is 18.3 Å². The van der Waals surface area contributed by atoms with E-state index in [0.29, 0.717) is 31.2 Å². The maximum atomic E-state index is 13.4. The first kappa shape index (κ1) is 49.6. The Balaban J connectivity index is 0.000000208. The van der Waals surface area contributed by atoms with Crippen LogP contribution in [-0.2, 0) is 55.0 Å². The van der Waals surface area contributed by atoms with Gasteiger partial charge in [0.1, 0.15) is 22.5 Å². The molecule has 4 saturated heterocycles. The molecule has 0 radical (unpaired) electrons. The molecule has 2 aromatic rings. The Labute approximate surface area is 358 Å². The van der Waals surface area contributed by atoms with Gasteiger partial charge in [0, 0.05) is 57.8 Å². The SMILES string of the molecule is CC(C)(C)OC(=O)OC(=O)OC(C)(C)C.CCOP1(=O)C[C@H]2CN(Cc3ccccc3)C[C@H]2C1.CCO[P@]1(=O)C[C@@H]2CN(Cc3ccccc3)C[C@@H]2[C@@H]1C(=O)OC(C)(C)C. The molecule has 1 unspecified atom stereocenters. The Kier molecular flexibility index (Phi) is 17.3. The van der Waals surface area contributed by atoms with E-state index in [1.165, 1.54) is 11.1 Å². The van der Waals surface area contributed by atoms with E-state index in [1.807, 2.05) is 52.8 Å². The van der Waals surface area contributed by atoms with Crippen LogP contribution in [0.4, 0.5) is 9.59 Å². The first-order valence-corrected chi connectivity index (χ1v) is 25.1. The van der Waals surface area contributed by atoms with Crippen LogP contribution < -0.4 is 0 Å². The van der Waals surface area contributed by atoms with Crippen LogP contribution in [0.25, 0.3) is 0 Å². The van der Waals surface area contributed by atoms with Gasteiger partial charge in [-0.3, -0.25) is 23.7 Å². The molecular weight excluding hydrogens is 806 g/mol. The number of hydrogen-bond acceptors (Lipinski definition) is 13. The fourth-order valence-corrected chi connectivity index (χ4v) is 14.8. The van der Waals surface area contributed by atoms with E-state index in [9.17, 15) is 23.5 Å². The average Bonchev–Trinajstić information content (AvgIpc) is 3.80. The maximum absolute atomic E-state index is 13.4. The van der Waals surface area contributed by atoms with E-state index in [-0.39, 0.29) is 17.8 Å². The molecule has 0 amide bonds. The Morgan fingerprint density at radius 2 is 1.00 bits per heavy atom. The zero-order valence-electron chi connectivity index (χ0n) is 37.7. The van der Waals surface area contributed by atoms with Crippen molar-refractivity contribution in [1.82, 2.24) is 9.80 Å². The van der Waals surface area contributed by atoms with E-state index >= 15 is 0 Å². The van der Waals surface area contributed by atoms with Crippen LogP contribution in [0.1, 0.15) is 87.3 Å². The van der Waals surface area contributed by atoms with Crippen LogP contribution in [0, 0.1) is 23.7 Å². The van der Waals surface area contributed by atoms with Gasteiger partial charge in [-0.25, -0.2) is 9.59 Å². The van der Waals surface area contributed by atoms with Crippen LogP contribution in [0.15, 0.2) is 60.7 Å². The maximum Gasteiger partial charge on any atom is 0.519 e. The quantitative estimate of drug-likeness (QED) is 0.102. The lowest BCUT2D eigenvalue weighted by molar-refractivity contribution is -0.155. The molecule has 4 aliphatic rings. The first-order valence-electron chi connectivity index (χ1n) is 21.2. The summed E-state index contributed by atoms with van der Waals surface area (Å²) in [7, 11) is -5.29. The number of nitrogens with zero attached hydrogens (tertiary/aromatic N) is 2. The standard InChI is InChI=1S/C20H30NO4P.C15H22NO2P.C10H18O5/c1-5-24-26(23)14-16-12-21(11-15-9-7-6-8-10-15)13-17(16)18(26)19(22)25-20(2,3)4;1-2-18-19(17)11-14-9-16(10-15(14)12-19)8-13-6-4-3-5-7-13;1-9(2,3)14-7(11)13-8(12)15-10(4,5)6/h6-10,16-18H,5,11-14H2,1-4H3;3-7,14-15H,2,8-12H2,1H3;1-6H3/t16-,17-,18+,26+;14-,15+,19?;/m0../s1. The minimum absolute atomic E-state index is 0.0472. The van der Waals surface area contributed by atoms with E-state index < -0.39 is 49.5 Å². The molecule has 4 heterocycles. The molecule has 0 spiro atoms. The van der Waals surface area contributed by atoms with Crippen molar-refractivity contribution >= 4 is 33.0 Å². The number of fused-ring (bicyclic) bond motifs is 2. The molecule has 15 heteroatoms. The third-order valence-corrected chi connectivity index (χ3v) is 16.3. The minimum Gasteiger partial charge on any atom is -0.459 e. The van der Waals surface area contributed by atoms with Gasteiger partial charge in [-0.05, 0) is 111 Å². The van der Waals surface area contributed by atoms with Crippen molar-refractivity contribution in [3.05, 3.63) is 71.8 Å². The van der Waals surface area contributed by atoms with Crippen LogP contribution in [0.5, 0.6) is 0 Å². The van der Waals surface area contributed by atoms with Crippen LogP contribution in [0.2, 0.25) is 0 Å². The molecule has 4 aliphatic heterocycles. The van der Waals surface area contributed by atoms with Crippen molar-refractivity contribution < 1.29 is 51.5 Å². The predicted molar refractivity (Wildman–Crippen MR) is 234 cm³/mol. The summed E-state index contributed by atoms with van der Waals surface area (Å²) in [5.41, 5.74) is 0.0180. The van der Waals surface area contributed by atoms with Crippen molar-refractivity contribution in [3.63, 3.8) is 0 Å². The second kappa shape index (κ2) is 20.9. The van der Waals surface area contributed by atoms with Crippen molar-refractivity contribution in [3.8, 4) is 0 Å². The predicted octanol–water partition coefficient (Wildman–Crippen LogP) is 9.71. The summed E-state index contributed by atoms with van der Waals surface area (Å²) in [5.74, 6) is 1.09. The molecule has 6 rings (SSSR count).